The van der Waals surface area contributed by atoms with Gasteiger partial charge in [-0.15, -0.1) is 0 Å². The number of para-hydroxylation sites is 1. The molecule has 1 aromatic carbocycles. The monoisotopic (exact) mass is 375 g/mol. The van der Waals surface area contributed by atoms with E-state index in [9.17, 15) is 4.79 Å². The first-order valence-corrected chi connectivity index (χ1v) is 10.1. The third kappa shape index (κ3) is 3.49. The van der Waals surface area contributed by atoms with Crippen LogP contribution in [0.4, 0.5) is 0 Å². The fourth-order valence-electron chi connectivity index (χ4n) is 3.87. The zero-order chi connectivity index (χ0) is 19.1. The van der Waals surface area contributed by atoms with Crippen molar-refractivity contribution < 1.29 is 9.53 Å². The van der Waals surface area contributed by atoms with E-state index in [1.807, 2.05) is 25.3 Å². The predicted octanol–water partition coefficient (Wildman–Crippen LogP) is 4.33. The van der Waals surface area contributed by atoms with Crippen LogP contribution in [0.5, 0.6) is 5.75 Å². The molecule has 0 unspecified atom stereocenters. The van der Waals surface area contributed by atoms with Gasteiger partial charge in [0.15, 0.2) is 0 Å². The topological polar surface area (TPSA) is 67.0 Å². The largest absolute Gasteiger partial charge is 0.492 e. The van der Waals surface area contributed by atoms with Gasteiger partial charge in [0.05, 0.1) is 24.5 Å². The molecular weight excluding hydrogens is 350 g/mol. The van der Waals surface area contributed by atoms with Crippen LogP contribution >= 0.6 is 0 Å². The van der Waals surface area contributed by atoms with Crippen molar-refractivity contribution in [2.24, 2.45) is 11.8 Å². The third-order valence-corrected chi connectivity index (χ3v) is 5.89. The van der Waals surface area contributed by atoms with Crippen molar-refractivity contribution in [3.05, 3.63) is 60.0 Å². The van der Waals surface area contributed by atoms with E-state index in [2.05, 4.69) is 39.6 Å². The first kappa shape index (κ1) is 17.3. The number of nitrogens with one attached hydrogen (secondary N) is 2. The molecule has 28 heavy (non-hydrogen) atoms. The molecule has 0 aliphatic heterocycles. The van der Waals surface area contributed by atoms with Gasteiger partial charge in [0, 0.05) is 17.6 Å². The molecule has 2 saturated carbocycles. The average molecular weight is 375 g/mol. The molecule has 3 atom stereocenters. The molecule has 2 aliphatic rings. The number of ether oxygens (including phenoxy) is 1. The fraction of sp³-hybridized carbons (Fsp3) is 0.391. The van der Waals surface area contributed by atoms with Crippen LogP contribution in [0.1, 0.15) is 49.4 Å². The molecular formula is C23H25N3O2. The van der Waals surface area contributed by atoms with Crippen molar-refractivity contribution in [1.29, 1.82) is 0 Å². The summed E-state index contributed by atoms with van der Waals surface area (Å²) in [5.41, 5.74) is 3.25. The Morgan fingerprint density at radius 2 is 2.18 bits per heavy atom. The van der Waals surface area contributed by atoms with Gasteiger partial charge in [0.2, 0.25) is 5.91 Å². The Balaban J connectivity index is 1.19. The molecule has 1 amide bonds. The molecule has 5 heteroatoms. The number of rotatable bonds is 7. The van der Waals surface area contributed by atoms with E-state index in [-0.39, 0.29) is 17.9 Å². The summed E-state index contributed by atoms with van der Waals surface area (Å²) < 4.78 is 5.73. The Morgan fingerprint density at radius 1 is 1.29 bits per heavy atom. The van der Waals surface area contributed by atoms with Crippen LogP contribution in [-0.2, 0) is 4.79 Å². The second-order valence-electron chi connectivity index (χ2n) is 8.14. The van der Waals surface area contributed by atoms with Gasteiger partial charge in [-0.1, -0.05) is 18.2 Å². The number of carbonyl (C=O) groups excluding carboxylic acids is 1. The number of hydrogen-bond acceptors (Lipinski definition) is 3. The van der Waals surface area contributed by atoms with Crippen LogP contribution in [0.2, 0.25) is 0 Å². The summed E-state index contributed by atoms with van der Waals surface area (Å²) >= 11 is 0. The Hall–Kier alpha value is -2.82. The van der Waals surface area contributed by atoms with Crippen LogP contribution in [-0.4, -0.2) is 22.5 Å². The van der Waals surface area contributed by atoms with E-state index >= 15 is 0 Å². The molecule has 2 N–H and O–H groups in total. The van der Waals surface area contributed by atoms with E-state index in [0.29, 0.717) is 5.92 Å². The molecule has 0 radical (unpaired) electrons. The van der Waals surface area contributed by atoms with E-state index in [0.717, 1.165) is 35.9 Å². The molecule has 2 heterocycles. The van der Waals surface area contributed by atoms with E-state index in [1.54, 1.807) is 6.20 Å². The van der Waals surface area contributed by atoms with Crippen molar-refractivity contribution in [3.8, 4) is 5.75 Å². The van der Waals surface area contributed by atoms with Gasteiger partial charge >= 0.3 is 0 Å². The highest BCUT2D eigenvalue weighted by molar-refractivity contribution is 5.87. The maximum Gasteiger partial charge on any atom is 0.224 e. The number of H-pyrrole nitrogens is 1. The van der Waals surface area contributed by atoms with Crippen molar-refractivity contribution in [3.63, 3.8) is 0 Å². The number of aromatic nitrogens is 2. The summed E-state index contributed by atoms with van der Waals surface area (Å²) in [4.78, 5) is 20.5. The number of aromatic amines is 1. The quantitative estimate of drug-likeness (QED) is 0.646. The van der Waals surface area contributed by atoms with Crippen molar-refractivity contribution in [2.45, 2.75) is 38.1 Å². The standard InChI is InChI=1S/C23H25N3O2/c1-14(21-8-7-17(12-25-21)28-13-15-5-6-15)26-23(27)20-11-19(20)18-4-2-3-16-9-10-24-22(16)18/h2-4,7-10,12,14-15,19-20,24H,5-6,11,13H2,1H3,(H,26,27)/t14-,19+,20-/m1/s1. The van der Waals surface area contributed by atoms with Crippen LogP contribution in [0, 0.1) is 11.8 Å². The van der Waals surface area contributed by atoms with Gasteiger partial charge in [0.1, 0.15) is 5.75 Å². The fourth-order valence-corrected chi connectivity index (χ4v) is 3.87. The molecule has 5 nitrogen and oxygen atoms in total. The maximum absolute atomic E-state index is 12.7. The molecule has 5 rings (SSSR count). The Bertz CT molecular complexity index is 991. The van der Waals surface area contributed by atoms with Crippen molar-refractivity contribution in [2.75, 3.05) is 6.61 Å². The Labute approximate surface area is 164 Å². The summed E-state index contributed by atoms with van der Waals surface area (Å²) in [6, 6.07) is 12.1. The van der Waals surface area contributed by atoms with Crippen LogP contribution in [0.15, 0.2) is 48.8 Å². The molecule has 0 bridgehead atoms. The summed E-state index contributed by atoms with van der Waals surface area (Å²) in [6.45, 7) is 2.76. The van der Waals surface area contributed by atoms with E-state index in [4.69, 9.17) is 4.74 Å². The smallest absolute Gasteiger partial charge is 0.224 e. The van der Waals surface area contributed by atoms with Crippen molar-refractivity contribution in [1.82, 2.24) is 15.3 Å². The number of nitrogens with zero attached hydrogens (tertiary/aromatic N) is 1. The summed E-state index contributed by atoms with van der Waals surface area (Å²) in [5, 5.41) is 4.33. The number of hydrogen-bond donors (Lipinski definition) is 2. The minimum Gasteiger partial charge on any atom is -0.492 e. The average Bonchev–Trinajstić information content (AvgIpc) is 3.63. The zero-order valence-electron chi connectivity index (χ0n) is 16.0. The normalized spacial score (nSPS) is 22.0. The molecule has 0 saturated heterocycles. The second kappa shape index (κ2) is 6.97. The van der Waals surface area contributed by atoms with E-state index in [1.165, 1.54) is 23.8 Å². The lowest BCUT2D eigenvalue weighted by Gasteiger charge is -2.14. The van der Waals surface area contributed by atoms with Crippen LogP contribution < -0.4 is 10.1 Å². The summed E-state index contributed by atoms with van der Waals surface area (Å²) in [7, 11) is 0. The second-order valence-corrected chi connectivity index (χ2v) is 8.14. The maximum atomic E-state index is 12.7. The van der Waals surface area contributed by atoms with Gasteiger partial charge in [0.25, 0.3) is 0 Å². The minimum atomic E-state index is -0.118. The molecule has 2 aromatic heterocycles. The molecule has 2 fully saturated rings. The minimum absolute atomic E-state index is 0.0394. The van der Waals surface area contributed by atoms with Gasteiger partial charge in [-0.3, -0.25) is 9.78 Å². The number of amides is 1. The molecule has 2 aliphatic carbocycles. The van der Waals surface area contributed by atoms with E-state index < -0.39 is 0 Å². The number of fused-ring (bicyclic) bond motifs is 1. The molecule has 3 aromatic rings. The van der Waals surface area contributed by atoms with Gasteiger partial charge < -0.3 is 15.0 Å². The van der Waals surface area contributed by atoms with Crippen molar-refractivity contribution >= 4 is 16.8 Å². The lowest BCUT2D eigenvalue weighted by Crippen LogP contribution is -2.29. The third-order valence-electron chi connectivity index (χ3n) is 5.89. The van der Waals surface area contributed by atoms with Gasteiger partial charge in [-0.25, -0.2) is 0 Å². The van der Waals surface area contributed by atoms with Gasteiger partial charge in [-0.2, -0.15) is 0 Å². The van der Waals surface area contributed by atoms with Crippen LogP contribution in [0.3, 0.4) is 0 Å². The highest BCUT2D eigenvalue weighted by atomic mass is 16.5. The number of benzene rings is 1. The number of carbonyl (C=O) groups is 1. The first-order valence-electron chi connectivity index (χ1n) is 10.1. The SMILES string of the molecule is C[C@@H](NC(=O)[C@@H]1C[C@H]1c1cccc2cc[nH]c12)c1ccc(OCC2CC2)cn1. The first-order chi connectivity index (χ1) is 13.7. The lowest BCUT2D eigenvalue weighted by molar-refractivity contribution is -0.123. The zero-order valence-corrected chi connectivity index (χ0v) is 16.0. The highest BCUT2D eigenvalue weighted by Crippen LogP contribution is 2.49. The summed E-state index contributed by atoms with van der Waals surface area (Å²) in [6.07, 6.45) is 7.16. The predicted molar refractivity (Wildman–Crippen MR) is 108 cm³/mol. The Kier molecular flexibility index (Phi) is 4.30. The number of pyridine rings is 1. The summed E-state index contributed by atoms with van der Waals surface area (Å²) in [5.74, 6) is 1.96. The van der Waals surface area contributed by atoms with Crippen LogP contribution in [0.25, 0.3) is 10.9 Å². The van der Waals surface area contributed by atoms with Gasteiger partial charge in [-0.05, 0) is 67.2 Å². The molecule has 0 spiro atoms. The lowest BCUT2D eigenvalue weighted by atomic mass is 10.1. The highest BCUT2D eigenvalue weighted by Gasteiger charge is 2.45. The Morgan fingerprint density at radius 3 is 2.96 bits per heavy atom. The molecule has 144 valence electrons.